The van der Waals surface area contributed by atoms with E-state index >= 15 is 0 Å². The van der Waals surface area contributed by atoms with Crippen LogP contribution in [0.25, 0.3) is 11.3 Å². The Hall–Kier alpha value is -1.26. The summed E-state index contributed by atoms with van der Waals surface area (Å²) in [5, 5.41) is 15.6. The summed E-state index contributed by atoms with van der Waals surface area (Å²) in [5.41, 5.74) is 3.73. The average Bonchev–Trinajstić information content (AvgIpc) is 3.06. The van der Waals surface area contributed by atoms with Gasteiger partial charge in [-0.3, -0.25) is 4.68 Å². The Bertz CT molecular complexity index is 984. The molecule has 0 aliphatic carbocycles. The second-order valence-corrected chi connectivity index (χ2v) is 11.2. The number of rotatable bonds is 6. The van der Waals surface area contributed by atoms with Crippen molar-refractivity contribution in [3.63, 3.8) is 0 Å². The van der Waals surface area contributed by atoms with Crippen LogP contribution in [0.2, 0.25) is 0 Å². The second kappa shape index (κ2) is 9.08. The third-order valence-corrected chi connectivity index (χ3v) is 7.77. The van der Waals surface area contributed by atoms with Crippen molar-refractivity contribution in [2.75, 3.05) is 32.4 Å². The highest BCUT2D eigenvalue weighted by Gasteiger charge is 2.30. The number of aliphatic hydroxyl groups excluding tert-OH is 1. The predicted molar refractivity (Wildman–Crippen MR) is 121 cm³/mol. The number of β-amino-alcohol motifs (C(OH)–C–C–N with tert-alkyl or cyclic N) is 1. The molecule has 7 nitrogen and oxygen atoms in total. The molecule has 1 unspecified atom stereocenters. The molecule has 0 spiro atoms. The molecular formula is C21H29BrN4O3S. The van der Waals surface area contributed by atoms with Crippen LogP contribution in [-0.2, 0) is 29.5 Å². The minimum absolute atomic E-state index is 0.321. The van der Waals surface area contributed by atoms with Crippen molar-refractivity contribution in [3.05, 3.63) is 40.0 Å². The SMILES string of the molecule is CS(=O)(=O)N1CCc2c(c(-c3ccc(Br)cc3)nn2CC(O)CN2CCCCC2)C1. The summed E-state index contributed by atoms with van der Waals surface area (Å²) >= 11 is 3.46. The number of benzene rings is 1. The lowest BCUT2D eigenvalue weighted by atomic mass is 10.0. The number of sulfonamides is 1. The maximum Gasteiger partial charge on any atom is 0.211 e. The van der Waals surface area contributed by atoms with E-state index in [-0.39, 0.29) is 0 Å². The first-order chi connectivity index (χ1) is 14.3. The van der Waals surface area contributed by atoms with Gasteiger partial charge >= 0.3 is 0 Å². The van der Waals surface area contributed by atoms with Gasteiger partial charge in [-0.05, 0) is 38.1 Å². The van der Waals surface area contributed by atoms with Gasteiger partial charge in [0, 0.05) is 47.3 Å². The summed E-state index contributed by atoms with van der Waals surface area (Å²) < 4.78 is 28.7. The Morgan fingerprint density at radius 3 is 2.47 bits per heavy atom. The number of hydrogen-bond acceptors (Lipinski definition) is 5. The highest BCUT2D eigenvalue weighted by atomic mass is 79.9. The van der Waals surface area contributed by atoms with Crippen molar-refractivity contribution in [2.24, 2.45) is 0 Å². The van der Waals surface area contributed by atoms with Gasteiger partial charge in [0.05, 0.1) is 24.6 Å². The minimum Gasteiger partial charge on any atom is -0.390 e. The van der Waals surface area contributed by atoms with Crippen LogP contribution in [-0.4, -0.2) is 71.0 Å². The van der Waals surface area contributed by atoms with E-state index in [1.165, 1.54) is 29.8 Å². The molecule has 2 aliphatic rings. The number of hydrogen-bond donors (Lipinski definition) is 1. The quantitative estimate of drug-likeness (QED) is 0.664. The normalized spacial score (nSPS) is 19.6. The number of halogens is 1. The molecule has 0 amide bonds. The van der Waals surface area contributed by atoms with Gasteiger partial charge in [0.15, 0.2) is 0 Å². The zero-order valence-corrected chi connectivity index (χ0v) is 19.7. The number of aliphatic hydroxyl groups is 1. The van der Waals surface area contributed by atoms with E-state index in [1.807, 2.05) is 28.9 Å². The Morgan fingerprint density at radius 2 is 1.80 bits per heavy atom. The molecule has 164 valence electrons. The molecule has 3 heterocycles. The van der Waals surface area contributed by atoms with Crippen molar-refractivity contribution < 1.29 is 13.5 Å². The molecule has 1 atom stereocenters. The maximum atomic E-state index is 12.1. The third-order valence-electron chi connectivity index (χ3n) is 5.99. The summed E-state index contributed by atoms with van der Waals surface area (Å²) in [7, 11) is -3.27. The number of aromatic nitrogens is 2. The van der Waals surface area contributed by atoms with E-state index in [9.17, 15) is 13.5 Å². The van der Waals surface area contributed by atoms with E-state index < -0.39 is 16.1 Å². The zero-order chi connectivity index (χ0) is 21.3. The smallest absolute Gasteiger partial charge is 0.211 e. The standard InChI is InChI=1S/C21H29BrN4O3S/c1-30(28,29)25-12-9-20-19(15-25)21(16-5-7-17(22)8-6-16)23-26(20)14-18(27)13-24-10-3-2-4-11-24/h5-8,18,27H,2-4,9-15H2,1H3. The summed E-state index contributed by atoms with van der Waals surface area (Å²) in [6.45, 7) is 3.93. The fourth-order valence-electron chi connectivity index (χ4n) is 4.44. The van der Waals surface area contributed by atoms with Crippen LogP contribution in [0.15, 0.2) is 28.7 Å². The van der Waals surface area contributed by atoms with Gasteiger partial charge in [0.2, 0.25) is 10.0 Å². The number of nitrogens with zero attached hydrogens (tertiary/aromatic N) is 4. The highest BCUT2D eigenvalue weighted by molar-refractivity contribution is 9.10. The van der Waals surface area contributed by atoms with Crippen molar-refractivity contribution in [2.45, 2.75) is 44.9 Å². The van der Waals surface area contributed by atoms with Crippen molar-refractivity contribution in [1.29, 1.82) is 0 Å². The van der Waals surface area contributed by atoms with Crippen molar-refractivity contribution in [1.82, 2.24) is 19.0 Å². The van der Waals surface area contributed by atoms with Crippen LogP contribution >= 0.6 is 15.9 Å². The largest absolute Gasteiger partial charge is 0.390 e. The van der Waals surface area contributed by atoms with Crippen LogP contribution in [0.4, 0.5) is 0 Å². The topological polar surface area (TPSA) is 78.7 Å². The van der Waals surface area contributed by atoms with Gasteiger partial charge in [-0.1, -0.05) is 34.5 Å². The van der Waals surface area contributed by atoms with Crippen LogP contribution in [0.3, 0.4) is 0 Å². The van der Waals surface area contributed by atoms with Crippen molar-refractivity contribution >= 4 is 26.0 Å². The summed E-state index contributed by atoms with van der Waals surface area (Å²) in [5.74, 6) is 0. The first-order valence-corrected chi connectivity index (χ1v) is 13.2. The molecule has 2 aliphatic heterocycles. The van der Waals surface area contributed by atoms with Gasteiger partial charge < -0.3 is 10.0 Å². The first kappa shape index (κ1) is 22.0. The molecule has 1 saturated heterocycles. The van der Waals surface area contributed by atoms with Gasteiger partial charge in [-0.2, -0.15) is 9.40 Å². The summed E-state index contributed by atoms with van der Waals surface area (Å²) in [6, 6.07) is 7.90. The lowest BCUT2D eigenvalue weighted by Crippen LogP contribution is -2.39. The van der Waals surface area contributed by atoms with Gasteiger partial charge in [-0.25, -0.2) is 8.42 Å². The van der Waals surface area contributed by atoms with Gasteiger partial charge in [0.25, 0.3) is 0 Å². The van der Waals surface area contributed by atoms with Crippen LogP contribution in [0, 0.1) is 0 Å². The van der Waals surface area contributed by atoms with Gasteiger partial charge in [0.1, 0.15) is 0 Å². The van der Waals surface area contributed by atoms with E-state index in [0.29, 0.717) is 32.6 Å². The molecular weight excluding hydrogens is 468 g/mol. The molecule has 4 rings (SSSR count). The second-order valence-electron chi connectivity index (χ2n) is 8.32. The summed E-state index contributed by atoms with van der Waals surface area (Å²) in [4.78, 5) is 2.32. The Labute approximate surface area is 186 Å². The van der Waals surface area contributed by atoms with Crippen molar-refractivity contribution in [3.8, 4) is 11.3 Å². The van der Waals surface area contributed by atoms with Crippen LogP contribution < -0.4 is 0 Å². The predicted octanol–water partition coefficient (Wildman–Crippen LogP) is 2.48. The number of piperidine rings is 1. The molecule has 30 heavy (non-hydrogen) atoms. The zero-order valence-electron chi connectivity index (χ0n) is 17.3. The molecule has 0 bridgehead atoms. The average molecular weight is 497 g/mol. The lowest BCUT2D eigenvalue weighted by Gasteiger charge is -2.29. The first-order valence-electron chi connectivity index (χ1n) is 10.5. The van der Waals surface area contributed by atoms with Crippen LogP contribution in [0.5, 0.6) is 0 Å². The lowest BCUT2D eigenvalue weighted by molar-refractivity contribution is 0.0847. The summed E-state index contributed by atoms with van der Waals surface area (Å²) in [6.07, 6.45) is 5.01. The Kier molecular flexibility index (Phi) is 6.64. The fraction of sp³-hybridized carbons (Fsp3) is 0.571. The molecule has 1 fully saturated rings. The molecule has 0 radical (unpaired) electrons. The Balaban J connectivity index is 1.62. The van der Waals surface area contributed by atoms with E-state index in [1.54, 1.807) is 0 Å². The van der Waals surface area contributed by atoms with Gasteiger partial charge in [-0.15, -0.1) is 0 Å². The van der Waals surface area contributed by atoms with Crippen LogP contribution in [0.1, 0.15) is 30.5 Å². The number of fused-ring (bicyclic) bond motifs is 1. The highest BCUT2D eigenvalue weighted by Crippen LogP contribution is 2.32. The van der Waals surface area contributed by atoms with E-state index in [0.717, 1.165) is 40.1 Å². The van der Waals surface area contributed by atoms with E-state index in [4.69, 9.17) is 5.10 Å². The number of likely N-dealkylation sites (tertiary alicyclic amines) is 1. The molecule has 0 saturated carbocycles. The Morgan fingerprint density at radius 1 is 1.10 bits per heavy atom. The molecule has 2 aromatic rings. The monoisotopic (exact) mass is 496 g/mol. The maximum absolute atomic E-state index is 12.1. The molecule has 1 aromatic carbocycles. The molecule has 1 N–H and O–H groups in total. The minimum atomic E-state index is -3.27. The molecule has 1 aromatic heterocycles. The third kappa shape index (κ3) is 4.96. The fourth-order valence-corrected chi connectivity index (χ4v) is 5.49. The van der Waals surface area contributed by atoms with E-state index in [2.05, 4.69) is 20.8 Å². The molecule has 9 heteroatoms.